The molecule has 7 nitrogen and oxygen atoms in total. The van der Waals surface area contributed by atoms with Crippen LogP contribution < -0.4 is 0 Å². The van der Waals surface area contributed by atoms with Gasteiger partial charge in [0.1, 0.15) is 0 Å². The number of rotatable bonds is 2. The molecule has 14 heavy (non-hydrogen) atoms. The van der Waals surface area contributed by atoms with Crippen molar-refractivity contribution in [2.75, 3.05) is 13.2 Å². The van der Waals surface area contributed by atoms with E-state index in [4.69, 9.17) is 29.7 Å². The molecule has 0 aliphatic heterocycles. The highest BCUT2D eigenvalue weighted by Gasteiger charge is 2.04. The summed E-state index contributed by atoms with van der Waals surface area (Å²) in [6, 6.07) is 0. The maximum atomic E-state index is 10.4. The zero-order valence-electron chi connectivity index (χ0n) is 7.08. The maximum Gasteiger partial charge on any atom is 0.507 e. The van der Waals surface area contributed by atoms with Crippen molar-refractivity contribution < 1.29 is 38.7 Å². The van der Waals surface area contributed by atoms with E-state index in [2.05, 4.69) is 6.58 Å². The molecule has 0 aromatic rings. The summed E-state index contributed by atoms with van der Waals surface area (Å²) in [5.74, 6) is -0.981. The summed E-state index contributed by atoms with van der Waals surface area (Å²) in [5, 5.41) is 22.9. The monoisotopic (exact) mass is 234 g/mol. The van der Waals surface area contributed by atoms with Crippen molar-refractivity contribution >= 4 is 13.9 Å². The number of hydrogen-bond acceptors (Lipinski definition) is 4. The fourth-order valence-corrected chi connectivity index (χ4v) is 0. The number of aliphatic hydroxyl groups excluding tert-OH is 2. The Morgan fingerprint density at radius 1 is 1.36 bits per heavy atom. The molecule has 0 fully saturated rings. The number of carbonyl (C=O) groups is 1. The van der Waals surface area contributed by atoms with Gasteiger partial charge in [-0.2, -0.15) is 0 Å². The van der Waals surface area contributed by atoms with Gasteiger partial charge in [0, 0.05) is 6.08 Å². The highest BCUT2D eigenvalue weighted by Crippen LogP contribution is 2.34. The molecular formula is C5H12FO7P. The average Bonchev–Trinajstić information content (AvgIpc) is 2.02. The molecule has 0 saturated heterocycles. The van der Waals surface area contributed by atoms with Crippen LogP contribution in [0.25, 0.3) is 0 Å². The van der Waals surface area contributed by atoms with Gasteiger partial charge in [0.05, 0.1) is 13.2 Å². The van der Waals surface area contributed by atoms with Crippen LogP contribution in [0.5, 0.6) is 0 Å². The van der Waals surface area contributed by atoms with Crippen LogP contribution in [0.3, 0.4) is 0 Å². The molecule has 0 amide bonds. The van der Waals surface area contributed by atoms with E-state index in [1.165, 1.54) is 0 Å². The van der Waals surface area contributed by atoms with Crippen LogP contribution in [-0.2, 0) is 9.36 Å². The van der Waals surface area contributed by atoms with Gasteiger partial charge in [-0.05, 0) is 0 Å². The lowest BCUT2D eigenvalue weighted by Gasteiger charge is -1.77. The fourth-order valence-electron chi connectivity index (χ4n) is 0. The minimum absolute atomic E-state index is 0.125. The van der Waals surface area contributed by atoms with Crippen LogP contribution >= 0.6 is 7.91 Å². The minimum Gasteiger partial charge on any atom is -0.478 e. The lowest BCUT2D eigenvalue weighted by Crippen LogP contribution is -1.85. The first kappa shape index (κ1) is 18.9. The standard InChI is InChI=1S/C3H4O2.C2H6O2.FH2O3P/c1-2-3(4)5;3-1-2-4;1-5(2,3)4/h2H,1H2,(H,4,5);3-4H,1-2H2;(H2,2,3,4). The maximum absolute atomic E-state index is 10.4. The number of carboxylic acid groups (broad SMARTS) is 1. The predicted molar refractivity (Wildman–Crippen MR) is 45.2 cm³/mol. The van der Waals surface area contributed by atoms with Gasteiger partial charge in [-0.15, -0.1) is 4.20 Å². The van der Waals surface area contributed by atoms with E-state index >= 15 is 0 Å². The summed E-state index contributed by atoms with van der Waals surface area (Å²) in [7, 11) is -5.14. The van der Waals surface area contributed by atoms with E-state index in [9.17, 15) is 8.99 Å². The molecular weight excluding hydrogens is 222 g/mol. The third-order valence-electron chi connectivity index (χ3n) is 0.275. The molecule has 0 aromatic carbocycles. The molecule has 0 radical (unpaired) electrons. The molecule has 0 aromatic heterocycles. The third-order valence-corrected chi connectivity index (χ3v) is 0.275. The summed E-state index contributed by atoms with van der Waals surface area (Å²) in [6.45, 7) is 2.71. The van der Waals surface area contributed by atoms with Crippen LogP contribution in [0, 0.1) is 0 Å². The van der Waals surface area contributed by atoms with Gasteiger partial charge in [0.15, 0.2) is 0 Å². The van der Waals surface area contributed by atoms with Crippen molar-refractivity contribution in [3.8, 4) is 0 Å². The first-order valence-corrected chi connectivity index (χ1v) is 4.51. The van der Waals surface area contributed by atoms with E-state index < -0.39 is 13.9 Å². The molecule has 86 valence electrons. The second-order valence-electron chi connectivity index (χ2n) is 1.46. The summed E-state index contributed by atoms with van der Waals surface area (Å²) < 4.78 is 19.0. The van der Waals surface area contributed by atoms with E-state index in [0.717, 1.165) is 6.08 Å². The number of aliphatic hydroxyl groups is 2. The van der Waals surface area contributed by atoms with Gasteiger partial charge < -0.3 is 15.3 Å². The Labute approximate surface area is 79.4 Å². The number of carboxylic acids is 1. The van der Waals surface area contributed by atoms with Crippen molar-refractivity contribution in [1.29, 1.82) is 0 Å². The molecule has 0 aliphatic carbocycles. The van der Waals surface area contributed by atoms with Gasteiger partial charge in [-0.3, -0.25) is 9.79 Å². The summed E-state index contributed by atoms with van der Waals surface area (Å²) in [6.07, 6.45) is 0.833. The van der Waals surface area contributed by atoms with E-state index in [0.29, 0.717) is 0 Å². The second kappa shape index (κ2) is 12.2. The van der Waals surface area contributed by atoms with E-state index in [1.807, 2.05) is 0 Å². The molecule has 0 saturated carbocycles. The highest BCUT2D eigenvalue weighted by molar-refractivity contribution is 7.45. The summed E-state index contributed by atoms with van der Waals surface area (Å²) in [4.78, 5) is 23.2. The van der Waals surface area contributed by atoms with Crippen LogP contribution in [0.15, 0.2) is 12.7 Å². The smallest absolute Gasteiger partial charge is 0.478 e. The van der Waals surface area contributed by atoms with Crippen molar-refractivity contribution in [1.82, 2.24) is 0 Å². The molecule has 5 N–H and O–H groups in total. The Morgan fingerprint density at radius 2 is 1.50 bits per heavy atom. The van der Waals surface area contributed by atoms with Gasteiger partial charge in [-0.1, -0.05) is 6.58 Å². The van der Waals surface area contributed by atoms with Crippen LogP contribution in [0.4, 0.5) is 4.20 Å². The van der Waals surface area contributed by atoms with Crippen LogP contribution in [-0.4, -0.2) is 44.3 Å². The fraction of sp³-hybridized carbons (Fsp3) is 0.400. The normalized spacial score (nSPS) is 8.64. The molecule has 0 atom stereocenters. The summed E-state index contributed by atoms with van der Waals surface area (Å²) in [5.41, 5.74) is 0. The van der Waals surface area contributed by atoms with Crippen molar-refractivity contribution in [3.63, 3.8) is 0 Å². The average molecular weight is 234 g/mol. The van der Waals surface area contributed by atoms with E-state index in [1.54, 1.807) is 0 Å². The molecule has 0 bridgehead atoms. The summed E-state index contributed by atoms with van der Waals surface area (Å²) >= 11 is 0. The lowest BCUT2D eigenvalue weighted by atomic mass is 10.7. The Kier molecular flexibility index (Phi) is 16.5. The molecule has 0 spiro atoms. The van der Waals surface area contributed by atoms with Crippen molar-refractivity contribution in [2.24, 2.45) is 0 Å². The quantitative estimate of drug-likeness (QED) is 0.314. The Bertz CT molecular complexity index is 178. The predicted octanol–water partition coefficient (Wildman–Crippen LogP) is -0.723. The minimum atomic E-state index is -5.14. The number of hydrogen-bond donors (Lipinski definition) is 5. The second-order valence-corrected chi connectivity index (χ2v) is 2.41. The Balaban J connectivity index is -0.000000131. The van der Waals surface area contributed by atoms with E-state index in [-0.39, 0.29) is 13.2 Å². The molecule has 0 heterocycles. The SMILES string of the molecule is C=CC(=O)O.O=P(O)(O)F.OCCO. The lowest BCUT2D eigenvalue weighted by molar-refractivity contribution is -0.131. The van der Waals surface area contributed by atoms with Gasteiger partial charge in [-0.25, -0.2) is 9.36 Å². The molecule has 0 aliphatic rings. The topological polar surface area (TPSA) is 135 Å². The van der Waals surface area contributed by atoms with Gasteiger partial charge in [0.25, 0.3) is 0 Å². The van der Waals surface area contributed by atoms with Gasteiger partial charge in [0.2, 0.25) is 0 Å². The number of aliphatic carboxylic acids is 1. The highest BCUT2D eigenvalue weighted by atomic mass is 31.2. The van der Waals surface area contributed by atoms with Crippen molar-refractivity contribution in [3.05, 3.63) is 12.7 Å². The number of halogens is 1. The van der Waals surface area contributed by atoms with Crippen LogP contribution in [0.1, 0.15) is 0 Å². The Morgan fingerprint density at radius 3 is 1.50 bits per heavy atom. The molecule has 9 heteroatoms. The first-order valence-electron chi connectivity index (χ1n) is 3.01. The molecule has 0 rings (SSSR count). The Hall–Kier alpha value is -0.790. The zero-order chi connectivity index (χ0) is 12.2. The zero-order valence-corrected chi connectivity index (χ0v) is 7.97. The third kappa shape index (κ3) is 239. The first-order chi connectivity index (χ1) is 6.18. The molecule has 0 unspecified atom stereocenters. The van der Waals surface area contributed by atoms with Gasteiger partial charge >= 0.3 is 13.9 Å². The largest absolute Gasteiger partial charge is 0.507 e. The van der Waals surface area contributed by atoms with Crippen molar-refractivity contribution in [2.45, 2.75) is 0 Å². The van der Waals surface area contributed by atoms with Crippen LogP contribution in [0.2, 0.25) is 0 Å².